The summed E-state index contributed by atoms with van der Waals surface area (Å²) in [5.74, 6) is 0. The molecule has 0 aromatic rings. The van der Waals surface area contributed by atoms with Crippen LogP contribution in [0.3, 0.4) is 0 Å². The molecule has 0 nitrogen and oxygen atoms in total. The molecule has 0 saturated carbocycles. The molecule has 42 valence electrons. The van der Waals surface area contributed by atoms with Crippen LogP contribution < -0.4 is 0 Å². The van der Waals surface area contributed by atoms with Gasteiger partial charge in [0.2, 0.25) is 0 Å². The summed E-state index contributed by atoms with van der Waals surface area (Å²) in [4.78, 5) is 0. The van der Waals surface area contributed by atoms with Crippen LogP contribution in [-0.2, 0) is 22.4 Å². The van der Waals surface area contributed by atoms with Crippen LogP contribution in [0.15, 0.2) is 0 Å². The fourth-order valence-electron chi connectivity index (χ4n) is 0. The van der Waals surface area contributed by atoms with Crippen LogP contribution in [0, 0.1) is 0 Å². The molecule has 0 radical (unpaired) electrons. The first-order valence-corrected chi connectivity index (χ1v) is 5.17. The molecule has 0 aromatic heterocycles. The molecule has 0 fully saturated rings. The zero-order valence-corrected chi connectivity index (χ0v) is 10.8. The highest BCUT2D eigenvalue weighted by Gasteiger charge is 1.00. The third-order valence-corrected chi connectivity index (χ3v) is 0. The molecule has 0 amide bonds. The van der Waals surface area contributed by atoms with Crippen molar-refractivity contribution in [3.63, 3.8) is 0 Å². The predicted octanol–water partition coefficient (Wildman–Crippen LogP) is 0.282. The zero-order chi connectivity index (χ0) is 4.00. The summed E-state index contributed by atoms with van der Waals surface area (Å²) in [5, 5.41) is 0. The summed E-state index contributed by atoms with van der Waals surface area (Å²) >= 11 is 7.33. The third-order valence-electron chi connectivity index (χ3n) is 0. The van der Waals surface area contributed by atoms with Crippen molar-refractivity contribution in [2.75, 3.05) is 0 Å². The van der Waals surface area contributed by atoms with Gasteiger partial charge in [-0.1, -0.05) is 0 Å². The van der Waals surface area contributed by atoms with E-state index in [1.807, 2.05) is 0 Å². The first-order valence-electron chi connectivity index (χ1n) is 0.575. The Balaban J connectivity index is -0.00000000500. The van der Waals surface area contributed by atoms with Gasteiger partial charge < -0.3 is 0 Å². The van der Waals surface area contributed by atoms with Crippen LogP contribution in [-0.4, -0.2) is 0 Å². The Bertz CT molecular complexity index is 6.00. The lowest BCUT2D eigenvalue weighted by Gasteiger charge is -0.997. The minimum absolute atomic E-state index is 0. The largest absolute Gasteiger partial charge is 0.197 e. The van der Waals surface area contributed by atoms with Crippen LogP contribution >= 0.6 is 41.3 Å². The van der Waals surface area contributed by atoms with Crippen molar-refractivity contribution in [3.05, 3.63) is 0 Å². The second kappa shape index (κ2) is 60.5. The molecule has 3 atom stereocenters. The number of hydrogen-bond acceptors (Lipinski definition) is 2. The van der Waals surface area contributed by atoms with Gasteiger partial charge in [0.25, 0.3) is 0 Å². The summed E-state index contributed by atoms with van der Waals surface area (Å²) in [6, 6.07) is 0. The molecular weight excluding hydrogens is 189 g/mol. The second-order valence-electron chi connectivity index (χ2n) is 0. The Labute approximate surface area is 63.6 Å². The molecule has 0 N–H and O–H groups in total. The summed E-state index contributed by atoms with van der Waals surface area (Å²) in [6.45, 7) is 0. The monoisotopic (exact) mass is 200 g/mol. The quantitative estimate of drug-likeness (QED) is 0.515. The van der Waals surface area contributed by atoms with Crippen molar-refractivity contribution in [1.29, 1.82) is 0 Å². The summed E-state index contributed by atoms with van der Waals surface area (Å²) < 4.78 is 0. The topological polar surface area (TPSA) is 0 Å². The molecule has 0 heterocycles. The summed E-state index contributed by atoms with van der Waals surface area (Å²) in [6.07, 6.45) is 0. The van der Waals surface area contributed by atoms with Crippen molar-refractivity contribution < 1.29 is 0 Å². The summed E-state index contributed by atoms with van der Waals surface area (Å²) in [7, 11) is 4.22. The lowest BCUT2D eigenvalue weighted by atomic mass is 30.0. The average molecular weight is 200 g/mol. The number of hydrogen-bond donors (Lipinski definition) is 0. The van der Waals surface area contributed by atoms with Gasteiger partial charge in [-0.05, 0) is 18.8 Å². The highest BCUT2D eigenvalue weighted by atomic mass is 32.8. The van der Waals surface area contributed by atoms with Crippen molar-refractivity contribution >= 4 is 63.6 Å². The van der Waals surface area contributed by atoms with Crippen LogP contribution in [0.2, 0.25) is 0 Å². The first-order chi connectivity index (χ1) is 2.00. The lowest BCUT2D eigenvalue weighted by molar-refractivity contribution is 5.92. The van der Waals surface area contributed by atoms with Crippen molar-refractivity contribution in [2.24, 2.45) is 0 Å². The highest BCUT2D eigenvalue weighted by Crippen LogP contribution is 1.86. The molecule has 6 heteroatoms. The van der Waals surface area contributed by atoms with Crippen LogP contribution in [0.25, 0.3) is 0 Å². The SMILES string of the molecule is P[PH3+].S.S=S.[PH4+]. The Kier molecular flexibility index (Phi) is 245. The molecule has 0 bridgehead atoms. The van der Waals surface area contributed by atoms with Gasteiger partial charge in [-0.15, -0.1) is 0 Å². The van der Waals surface area contributed by atoms with E-state index in [1.165, 1.54) is 0 Å². The van der Waals surface area contributed by atoms with Crippen molar-refractivity contribution in [1.82, 2.24) is 0 Å². The third kappa shape index (κ3) is 36.3. The van der Waals surface area contributed by atoms with Crippen LogP contribution in [0.1, 0.15) is 0 Å². The van der Waals surface area contributed by atoms with E-state index in [2.05, 4.69) is 31.3 Å². The van der Waals surface area contributed by atoms with E-state index in [0.29, 0.717) is 0 Å². The van der Waals surface area contributed by atoms with E-state index < -0.39 is 0 Å². The van der Waals surface area contributed by atoms with Crippen molar-refractivity contribution in [3.8, 4) is 0 Å². The van der Waals surface area contributed by atoms with Crippen LogP contribution in [0.4, 0.5) is 0 Å². The average Bonchev–Trinajstić information content (AvgIpc) is 1.50. The van der Waals surface area contributed by atoms with Crippen molar-refractivity contribution in [2.45, 2.75) is 0 Å². The second-order valence-corrected chi connectivity index (χ2v) is 0. The molecule has 0 aliphatic carbocycles. The van der Waals surface area contributed by atoms with E-state index in [9.17, 15) is 0 Å². The lowest BCUT2D eigenvalue weighted by Crippen LogP contribution is -0.710. The fraction of sp³-hybridized carbons (Fsp3) is 0. The van der Waals surface area contributed by atoms with E-state index in [-0.39, 0.29) is 23.4 Å². The Morgan fingerprint density at radius 1 is 1.17 bits per heavy atom. The molecule has 0 saturated heterocycles. The van der Waals surface area contributed by atoms with Gasteiger partial charge in [0, 0.05) is 31.3 Å². The summed E-state index contributed by atoms with van der Waals surface area (Å²) in [5.41, 5.74) is 0. The minimum Gasteiger partial charge on any atom is -0.197 e. The van der Waals surface area contributed by atoms with E-state index in [4.69, 9.17) is 0 Å². The molecule has 0 aliphatic heterocycles. The van der Waals surface area contributed by atoms with E-state index in [0.717, 1.165) is 0 Å². The number of rotatable bonds is 0. The highest BCUT2D eigenvalue weighted by molar-refractivity contribution is 8.07. The van der Waals surface area contributed by atoms with Gasteiger partial charge in [-0.25, -0.2) is 0 Å². The molecule has 0 aliphatic rings. The first kappa shape index (κ1) is 24.3. The van der Waals surface area contributed by atoms with Gasteiger partial charge in [-0.2, -0.15) is 13.5 Å². The molecular formula is H11P3S3+2. The normalized spacial score (nSPS) is 2.17. The van der Waals surface area contributed by atoms with Gasteiger partial charge in [-0.3, -0.25) is 0 Å². The molecule has 3 unspecified atom stereocenters. The Morgan fingerprint density at radius 2 is 1.17 bits per heavy atom. The molecule has 0 spiro atoms. The molecule has 6 heavy (non-hydrogen) atoms. The standard InChI is InChI=1S/H4P2.H3P.S2.H2S/c1-2;;1-2;/h1-2H2;1H3;;1H2/p+2. The predicted molar refractivity (Wildman–Crippen MR) is 58.4 cm³/mol. The zero-order valence-electron chi connectivity index (χ0n) is 3.60. The van der Waals surface area contributed by atoms with E-state index >= 15 is 0 Å². The maximum absolute atomic E-state index is 3.67. The molecule has 0 aromatic carbocycles. The molecule has 0 rings (SSSR count). The van der Waals surface area contributed by atoms with Gasteiger partial charge in [0.05, 0.1) is 0 Å². The maximum Gasteiger partial charge on any atom is 0.0199 e. The Hall–Kier alpha value is 2.08. The smallest absolute Gasteiger partial charge is 0.0199 e. The van der Waals surface area contributed by atoms with Gasteiger partial charge in [0.15, 0.2) is 0 Å². The van der Waals surface area contributed by atoms with Gasteiger partial charge in [0.1, 0.15) is 0 Å². The minimum atomic E-state index is 0. The maximum atomic E-state index is 3.67. The Morgan fingerprint density at radius 3 is 1.17 bits per heavy atom. The van der Waals surface area contributed by atoms with Crippen LogP contribution in [0.5, 0.6) is 0 Å². The van der Waals surface area contributed by atoms with E-state index in [1.54, 1.807) is 8.93 Å². The fourth-order valence-corrected chi connectivity index (χ4v) is 0. The van der Waals surface area contributed by atoms with Gasteiger partial charge >= 0.3 is 0 Å².